The van der Waals surface area contributed by atoms with Crippen LogP contribution in [-0.4, -0.2) is 124 Å². The standard InChI is InChI=1S/2C28H31ClN2O4.C27H28Cl2N2O4.C22H22ClN3O5S/c2*1-31-21-12-13-23(35-2)25(29)20(21)16-22(31)26(32)30-28(14-5-15-28)19-10-8-18(9-11-19)24(27(33)34)17-6-3-4-7-17;1-31-19-14-21(35-2)24(29)23(28)18(19)13-20(31)25(32)30-27(11-4-12-27)17-9-7-16(8-10-17)22(26(33)34)15-5-3-6-15;1-13-4-9-18-17(20(13)23)10-19(26(18)3)21(28)24-22(11-31-12-22)15-5-7-16(8-6-15)32(29,30)25-14(2)27/h2*8-13,16-17,24H,3-7,14-15H2,1-2H3,(H,30,32)(H,33,34);7-10,13-15,22H,3-6,11-12H2,1-2H3,(H,30,32)(H,33,34);4-10H,11-12H2,1-3H3,(H,24,28)(H,25,27)/t2*24-;;/m10../s1. The highest BCUT2D eigenvalue weighted by molar-refractivity contribution is 7.90. The number of carboxylic acid groups (broad SMARTS) is 3. The van der Waals surface area contributed by atoms with Gasteiger partial charge in [0.1, 0.15) is 50.6 Å². The summed E-state index contributed by atoms with van der Waals surface area (Å²) in [4.78, 5) is 101. The number of halogens is 5. The summed E-state index contributed by atoms with van der Waals surface area (Å²) in [6.45, 7) is 3.54. The predicted octanol–water partition coefficient (Wildman–Crippen LogP) is 20.9. The number of aliphatic carboxylic acids is 3. The molecule has 19 rings (SSSR count). The van der Waals surface area contributed by atoms with Crippen molar-refractivity contribution in [2.24, 2.45) is 45.9 Å². The normalized spacial score (nSPS) is 17.5. The first-order valence-electron chi connectivity index (χ1n) is 46.4. The predicted molar refractivity (Wildman–Crippen MR) is 529 cm³/mol. The number of hydrogen-bond acceptors (Lipinski definition) is 14. The molecule has 8 aromatic carbocycles. The first-order valence-corrected chi connectivity index (χ1v) is 49.8. The Balaban J connectivity index is 0.000000132. The molecule has 7 aliphatic rings. The van der Waals surface area contributed by atoms with Crippen LogP contribution in [0, 0.1) is 24.7 Å². The van der Waals surface area contributed by atoms with Crippen LogP contribution in [0.1, 0.15) is 240 Å². The number of amides is 5. The molecule has 12 aromatic rings. The number of carboxylic acids is 3. The highest BCUT2D eigenvalue weighted by Crippen LogP contribution is 2.50. The van der Waals surface area contributed by atoms with E-state index in [0.29, 0.717) is 76.1 Å². The van der Waals surface area contributed by atoms with E-state index in [1.54, 1.807) is 72.9 Å². The SMILES string of the molecule is CC(=O)NS(=O)(=O)c1ccc(C2(NC(=O)c3cc4c(Cl)c(C)ccc4n3C)COC2)cc1.COc1cc2c(cc(C(=O)NC3(c4ccc(C(C(=O)O)C5CCC5)cc4)CCC3)n2C)c(Cl)c1Cl.COc1ccc2c(cc(C(=O)NC3(c4ccc([C@@H](C(=O)O)C5CCCC5)cc4)CCC3)n2C)c1Cl.COc1ccc2c(cc(C(=O)NC3(c4ccc([C@H](C(=O)O)C5CCCC5)cc4)CCC3)n2C)c1Cl. The quantitative estimate of drug-likeness (QED) is 0.0250. The molecule has 7 fully saturated rings. The highest BCUT2D eigenvalue weighted by Gasteiger charge is 2.47. The number of nitrogens with zero attached hydrogens (tertiary/aromatic N) is 4. The van der Waals surface area contributed by atoms with Crippen molar-refractivity contribution < 1.29 is 81.0 Å². The van der Waals surface area contributed by atoms with E-state index >= 15 is 0 Å². The van der Waals surface area contributed by atoms with Gasteiger partial charge in [-0.15, -0.1) is 0 Å². The Labute approximate surface area is 819 Å². The van der Waals surface area contributed by atoms with Gasteiger partial charge >= 0.3 is 17.9 Å². The molecule has 1 aliphatic heterocycles. The number of hydrogen-bond donors (Lipinski definition) is 8. The maximum absolute atomic E-state index is 13.5. The first kappa shape index (κ1) is 98.5. The molecule has 720 valence electrons. The first-order chi connectivity index (χ1) is 65.5. The molecule has 5 amide bonds. The second-order valence-corrected chi connectivity index (χ2v) is 41.2. The number of sulfonamides is 1. The van der Waals surface area contributed by atoms with Gasteiger partial charge in [-0.25, -0.2) is 13.1 Å². The van der Waals surface area contributed by atoms with Gasteiger partial charge in [-0.3, -0.25) is 38.4 Å². The summed E-state index contributed by atoms with van der Waals surface area (Å²) < 4.78 is 54.9. The fourth-order valence-corrected chi connectivity index (χ4v) is 23.4. The van der Waals surface area contributed by atoms with Crippen molar-refractivity contribution in [3.8, 4) is 17.2 Å². The third kappa shape index (κ3) is 19.1. The molecule has 6 aliphatic carbocycles. The molecule has 5 heterocycles. The second-order valence-electron chi connectivity index (χ2n) is 37.6. The fourth-order valence-electron chi connectivity index (χ4n) is 21.1. The lowest BCUT2D eigenvalue weighted by atomic mass is 9.70. The van der Waals surface area contributed by atoms with Gasteiger partial charge in [0.15, 0.2) is 0 Å². The van der Waals surface area contributed by atoms with Crippen molar-refractivity contribution in [2.75, 3.05) is 34.5 Å². The van der Waals surface area contributed by atoms with Crippen LogP contribution in [0.15, 0.2) is 169 Å². The van der Waals surface area contributed by atoms with Crippen molar-refractivity contribution in [1.29, 1.82) is 0 Å². The van der Waals surface area contributed by atoms with Crippen molar-refractivity contribution in [1.82, 2.24) is 44.3 Å². The van der Waals surface area contributed by atoms with Crippen LogP contribution in [0.2, 0.25) is 25.1 Å². The number of ether oxygens (including phenoxy) is 4. The molecule has 26 nitrogen and oxygen atoms in total. The van der Waals surface area contributed by atoms with E-state index in [4.69, 9.17) is 77.0 Å². The molecule has 1 saturated heterocycles. The Morgan fingerprint density at radius 2 is 0.672 bits per heavy atom. The second kappa shape index (κ2) is 40.1. The topological polar surface area (TPSA) is 348 Å². The summed E-state index contributed by atoms with van der Waals surface area (Å²) in [6.07, 6.45) is 19.4. The molecule has 32 heteroatoms. The van der Waals surface area contributed by atoms with Gasteiger partial charge in [0.25, 0.3) is 33.7 Å². The highest BCUT2D eigenvalue weighted by atomic mass is 35.5. The molecular formula is C105H112Cl5N9O17S. The van der Waals surface area contributed by atoms with Crippen molar-refractivity contribution in [2.45, 2.75) is 187 Å². The fraction of sp³-hybridized carbons (Fsp3) is 0.390. The zero-order valence-electron chi connectivity index (χ0n) is 77.8. The van der Waals surface area contributed by atoms with Gasteiger partial charge < -0.3 is 73.8 Å². The van der Waals surface area contributed by atoms with Crippen LogP contribution >= 0.6 is 58.0 Å². The minimum Gasteiger partial charge on any atom is -0.495 e. The molecule has 0 bridgehead atoms. The van der Waals surface area contributed by atoms with E-state index in [2.05, 4.69) is 21.3 Å². The number of aromatic nitrogens is 4. The Morgan fingerprint density at radius 3 is 0.964 bits per heavy atom. The van der Waals surface area contributed by atoms with E-state index in [0.717, 1.165) is 213 Å². The molecular weight excluding hydrogens is 1870 g/mol. The van der Waals surface area contributed by atoms with E-state index < -0.39 is 73.7 Å². The number of rotatable bonds is 26. The van der Waals surface area contributed by atoms with Gasteiger partial charge in [0, 0.05) is 68.2 Å². The lowest BCUT2D eigenvalue weighted by Crippen LogP contribution is -2.59. The van der Waals surface area contributed by atoms with Gasteiger partial charge in [-0.05, 0) is 232 Å². The van der Waals surface area contributed by atoms with Gasteiger partial charge in [0.2, 0.25) is 5.91 Å². The largest absolute Gasteiger partial charge is 0.495 e. The van der Waals surface area contributed by atoms with Crippen molar-refractivity contribution >= 4 is 159 Å². The Hall–Kier alpha value is -11.6. The number of nitrogens with one attached hydrogen (secondary N) is 5. The van der Waals surface area contributed by atoms with Crippen molar-refractivity contribution in [3.05, 3.63) is 256 Å². The summed E-state index contributed by atoms with van der Waals surface area (Å²) in [5, 5.41) is 47.7. The number of aryl methyl sites for hydroxylation is 5. The summed E-state index contributed by atoms with van der Waals surface area (Å²) in [6, 6.07) is 49.7. The van der Waals surface area contributed by atoms with Crippen LogP contribution < -0.4 is 40.2 Å². The summed E-state index contributed by atoms with van der Waals surface area (Å²) >= 11 is 32.2. The Bertz CT molecular complexity index is 6620. The molecule has 0 spiro atoms. The van der Waals surface area contributed by atoms with Crippen molar-refractivity contribution in [3.63, 3.8) is 0 Å². The molecule has 3 atom stereocenters. The van der Waals surface area contributed by atoms with Crippen LogP contribution in [0.4, 0.5) is 0 Å². The maximum atomic E-state index is 13.5. The van der Waals surface area contributed by atoms with Gasteiger partial charge in [-0.1, -0.05) is 181 Å². The summed E-state index contributed by atoms with van der Waals surface area (Å²) in [7, 11) is 8.06. The minimum absolute atomic E-state index is 0.0446. The van der Waals surface area contributed by atoms with Gasteiger partial charge in [0.05, 0.1) is 110 Å². The Morgan fingerprint density at radius 1 is 0.372 bits per heavy atom. The monoisotopic (exact) mass is 1980 g/mol. The summed E-state index contributed by atoms with van der Waals surface area (Å²) in [5.41, 5.74) is 10.4. The lowest BCUT2D eigenvalue weighted by molar-refractivity contribution is -0.141. The van der Waals surface area contributed by atoms with Gasteiger partial charge in [-0.2, -0.15) is 0 Å². The molecule has 8 N–H and O–H groups in total. The third-order valence-electron chi connectivity index (χ3n) is 29.7. The average molecular weight is 1980 g/mol. The van der Waals surface area contributed by atoms with E-state index in [9.17, 15) is 62.1 Å². The summed E-state index contributed by atoms with van der Waals surface area (Å²) in [5.74, 6) is -2.91. The van der Waals surface area contributed by atoms with E-state index in [1.807, 2.05) is 151 Å². The molecule has 137 heavy (non-hydrogen) atoms. The minimum atomic E-state index is -3.94. The zero-order valence-corrected chi connectivity index (χ0v) is 82.3. The number of methoxy groups -OCH3 is 3. The third-order valence-corrected chi connectivity index (χ3v) is 33.3. The molecule has 4 aromatic heterocycles. The van der Waals surface area contributed by atoms with E-state index in [-0.39, 0.29) is 59.5 Å². The smallest absolute Gasteiger partial charge is 0.311 e. The average Bonchev–Trinajstić information content (AvgIpc) is 1.73. The number of benzene rings is 8. The number of fused-ring (bicyclic) bond motifs is 4. The number of carbonyl (C=O) groups is 8. The Kier molecular flexibility index (Phi) is 28.8. The van der Waals surface area contributed by atoms with Crippen LogP contribution in [-0.2, 0) is 84.3 Å². The molecule has 1 unspecified atom stereocenters. The number of carbonyl (C=O) groups excluding carboxylic acids is 5. The van der Waals surface area contributed by atoms with Crippen LogP contribution in [0.25, 0.3) is 43.6 Å². The van der Waals surface area contributed by atoms with Crippen LogP contribution in [0.5, 0.6) is 17.2 Å². The van der Waals surface area contributed by atoms with E-state index in [1.165, 1.54) is 19.2 Å². The van der Waals surface area contributed by atoms with Crippen LogP contribution in [0.3, 0.4) is 0 Å². The lowest BCUT2D eigenvalue weighted by Gasteiger charge is -2.43. The molecule has 0 radical (unpaired) electrons. The maximum Gasteiger partial charge on any atom is 0.311 e. The molecule has 6 saturated carbocycles. The zero-order chi connectivity index (χ0) is 97.6.